The number of hydrogen-bond donors (Lipinski definition) is 1. The highest BCUT2D eigenvalue weighted by molar-refractivity contribution is 9.10. The van der Waals surface area contributed by atoms with Crippen LogP contribution in [0.4, 0.5) is 0 Å². The Balaban J connectivity index is 2.66. The van der Waals surface area contributed by atoms with Crippen LogP contribution in [-0.2, 0) is 5.75 Å². The summed E-state index contributed by atoms with van der Waals surface area (Å²) in [6, 6.07) is 1.95. The molecule has 0 aromatic heterocycles. The quantitative estimate of drug-likeness (QED) is 0.912. The van der Waals surface area contributed by atoms with Crippen molar-refractivity contribution in [1.29, 1.82) is 0 Å². The molecule has 3 nitrogen and oxygen atoms in total. The third-order valence-corrected chi connectivity index (χ3v) is 4.36. The summed E-state index contributed by atoms with van der Waals surface area (Å²) < 4.78 is 11.7. The lowest BCUT2D eigenvalue weighted by Crippen LogP contribution is -2.20. The molecule has 1 aliphatic rings. The second-order valence-corrected chi connectivity index (χ2v) is 5.49. The molecule has 1 heterocycles. The summed E-state index contributed by atoms with van der Waals surface area (Å²) in [7, 11) is 3.35. The average molecular weight is 304 g/mol. The highest BCUT2D eigenvalue weighted by Crippen LogP contribution is 2.45. The van der Waals surface area contributed by atoms with Crippen molar-refractivity contribution >= 4 is 27.7 Å². The number of benzene rings is 1. The standard InChI is InChI=1S/C11H14BrNO2S/c1-14-9-3-7(12)11(15-2)10-6(9)4-16-5-8(10)13/h3,8H,4-5,13H2,1-2H3/t8-/m1/s1. The molecule has 1 aliphatic heterocycles. The summed E-state index contributed by atoms with van der Waals surface area (Å²) in [5, 5.41) is 0. The van der Waals surface area contributed by atoms with E-state index >= 15 is 0 Å². The van der Waals surface area contributed by atoms with Crippen LogP contribution in [0.5, 0.6) is 11.5 Å². The Morgan fingerprint density at radius 2 is 2.19 bits per heavy atom. The van der Waals surface area contributed by atoms with E-state index in [-0.39, 0.29) is 6.04 Å². The molecule has 0 amide bonds. The molecule has 0 spiro atoms. The first kappa shape index (κ1) is 12.1. The minimum Gasteiger partial charge on any atom is -0.496 e. The molecule has 1 aromatic rings. The Morgan fingerprint density at radius 1 is 1.44 bits per heavy atom. The Bertz CT molecular complexity index is 411. The molecule has 0 fully saturated rings. The van der Waals surface area contributed by atoms with Gasteiger partial charge < -0.3 is 15.2 Å². The lowest BCUT2D eigenvalue weighted by Gasteiger charge is -2.26. The molecule has 5 heteroatoms. The van der Waals surface area contributed by atoms with Gasteiger partial charge in [-0.25, -0.2) is 0 Å². The van der Waals surface area contributed by atoms with E-state index in [9.17, 15) is 0 Å². The third-order valence-electron chi connectivity index (χ3n) is 2.68. The number of methoxy groups -OCH3 is 2. The van der Waals surface area contributed by atoms with Crippen molar-refractivity contribution in [3.8, 4) is 11.5 Å². The maximum absolute atomic E-state index is 6.14. The van der Waals surface area contributed by atoms with Gasteiger partial charge in [-0.15, -0.1) is 0 Å². The summed E-state index contributed by atoms with van der Waals surface area (Å²) in [6.45, 7) is 0. The van der Waals surface area contributed by atoms with E-state index in [4.69, 9.17) is 15.2 Å². The molecule has 16 heavy (non-hydrogen) atoms. The smallest absolute Gasteiger partial charge is 0.138 e. The van der Waals surface area contributed by atoms with Crippen LogP contribution in [0.2, 0.25) is 0 Å². The lowest BCUT2D eigenvalue weighted by molar-refractivity contribution is 0.390. The van der Waals surface area contributed by atoms with Gasteiger partial charge in [0.1, 0.15) is 11.5 Å². The summed E-state index contributed by atoms with van der Waals surface area (Å²) in [5.41, 5.74) is 8.37. The van der Waals surface area contributed by atoms with Crippen molar-refractivity contribution < 1.29 is 9.47 Å². The Kier molecular flexibility index (Phi) is 3.66. The first-order chi connectivity index (χ1) is 7.69. The van der Waals surface area contributed by atoms with Gasteiger partial charge in [0.25, 0.3) is 0 Å². The van der Waals surface area contributed by atoms with Crippen molar-refractivity contribution in [1.82, 2.24) is 0 Å². The topological polar surface area (TPSA) is 44.5 Å². The van der Waals surface area contributed by atoms with Crippen LogP contribution < -0.4 is 15.2 Å². The molecule has 0 saturated carbocycles. The number of fused-ring (bicyclic) bond motifs is 1. The van der Waals surface area contributed by atoms with Gasteiger partial charge in [0.2, 0.25) is 0 Å². The number of ether oxygens (including phenoxy) is 2. The highest BCUT2D eigenvalue weighted by Gasteiger charge is 2.26. The summed E-state index contributed by atoms with van der Waals surface area (Å²) in [6.07, 6.45) is 0. The second kappa shape index (κ2) is 4.85. The van der Waals surface area contributed by atoms with E-state index in [1.54, 1.807) is 14.2 Å². The zero-order valence-corrected chi connectivity index (χ0v) is 11.7. The number of thioether (sulfide) groups is 1. The normalized spacial score (nSPS) is 19.1. The summed E-state index contributed by atoms with van der Waals surface area (Å²) >= 11 is 5.31. The molecule has 2 rings (SSSR count). The molecular formula is C11H14BrNO2S. The van der Waals surface area contributed by atoms with Crippen LogP contribution in [0, 0.1) is 0 Å². The van der Waals surface area contributed by atoms with Gasteiger partial charge in [0.05, 0.1) is 18.7 Å². The molecule has 0 radical (unpaired) electrons. The first-order valence-electron chi connectivity index (χ1n) is 4.95. The Labute approximate surface area is 108 Å². The maximum atomic E-state index is 6.14. The molecule has 0 aliphatic carbocycles. The van der Waals surface area contributed by atoms with Crippen molar-refractivity contribution in [2.75, 3.05) is 20.0 Å². The fourth-order valence-electron chi connectivity index (χ4n) is 1.97. The second-order valence-electron chi connectivity index (χ2n) is 3.61. The molecule has 2 N–H and O–H groups in total. The maximum Gasteiger partial charge on any atom is 0.138 e. The van der Waals surface area contributed by atoms with Gasteiger partial charge in [0.15, 0.2) is 0 Å². The van der Waals surface area contributed by atoms with E-state index in [1.165, 1.54) is 0 Å². The van der Waals surface area contributed by atoms with Crippen molar-refractivity contribution in [2.24, 2.45) is 5.73 Å². The molecule has 0 saturated heterocycles. The Hall–Kier alpha value is -0.390. The highest BCUT2D eigenvalue weighted by atomic mass is 79.9. The molecule has 0 unspecified atom stereocenters. The number of hydrogen-bond acceptors (Lipinski definition) is 4. The van der Waals surface area contributed by atoms with E-state index in [0.29, 0.717) is 0 Å². The first-order valence-corrected chi connectivity index (χ1v) is 6.90. The SMILES string of the molecule is COc1cc(Br)c(OC)c2c1CSC[C@H]2N. The Morgan fingerprint density at radius 3 is 2.81 bits per heavy atom. The van der Waals surface area contributed by atoms with Gasteiger partial charge in [0, 0.05) is 28.7 Å². The molecule has 1 atom stereocenters. The fraction of sp³-hybridized carbons (Fsp3) is 0.455. The summed E-state index contributed by atoms with van der Waals surface area (Å²) in [4.78, 5) is 0. The lowest BCUT2D eigenvalue weighted by atomic mass is 10.00. The van der Waals surface area contributed by atoms with Crippen LogP contribution in [0.1, 0.15) is 17.2 Å². The van der Waals surface area contributed by atoms with Crippen molar-refractivity contribution in [3.63, 3.8) is 0 Å². The van der Waals surface area contributed by atoms with Crippen LogP contribution in [0.15, 0.2) is 10.5 Å². The van der Waals surface area contributed by atoms with Crippen LogP contribution in [0.3, 0.4) is 0 Å². The van der Waals surface area contributed by atoms with E-state index in [0.717, 1.165) is 38.6 Å². The van der Waals surface area contributed by atoms with Crippen LogP contribution in [0.25, 0.3) is 0 Å². The van der Waals surface area contributed by atoms with E-state index in [2.05, 4.69) is 15.9 Å². The predicted octanol–water partition coefficient (Wildman–Crippen LogP) is 2.71. The largest absolute Gasteiger partial charge is 0.496 e. The number of nitrogens with two attached hydrogens (primary N) is 1. The summed E-state index contributed by atoms with van der Waals surface area (Å²) in [5.74, 6) is 3.56. The minimum absolute atomic E-state index is 0.00935. The molecular weight excluding hydrogens is 290 g/mol. The zero-order chi connectivity index (χ0) is 11.7. The van der Waals surface area contributed by atoms with Crippen LogP contribution in [-0.4, -0.2) is 20.0 Å². The van der Waals surface area contributed by atoms with Gasteiger partial charge >= 0.3 is 0 Å². The van der Waals surface area contributed by atoms with Crippen molar-refractivity contribution in [3.05, 3.63) is 21.7 Å². The van der Waals surface area contributed by atoms with E-state index < -0.39 is 0 Å². The minimum atomic E-state index is 0.00935. The third kappa shape index (κ3) is 1.92. The number of halogens is 1. The molecule has 1 aromatic carbocycles. The van der Waals surface area contributed by atoms with E-state index in [1.807, 2.05) is 17.8 Å². The van der Waals surface area contributed by atoms with Gasteiger partial charge in [-0.1, -0.05) is 0 Å². The monoisotopic (exact) mass is 303 g/mol. The molecule has 0 bridgehead atoms. The van der Waals surface area contributed by atoms with Crippen molar-refractivity contribution in [2.45, 2.75) is 11.8 Å². The molecule has 88 valence electrons. The van der Waals surface area contributed by atoms with Crippen LogP contribution >= 0.6 is 27.7 Å². The number of rotatable bonds is 2. The zero-order valence-electron chi connectivity index (χ0n) is 9.25. The average Bonchev–Trinajstić information content (AvgIpc) is 2.29. The van der Waals surface area contributed by atoms with Gasteiger partial charge in [-0.05, 0) is 22.0 Å². The van der Waals surface area contributed by atoms with Gasteiger partial charge in [-0.2, -0.15) is 11.8 Å². The fourth-order valence-corrected chi connectivity index (χ4v) is 3.59. The predicted molar refractivity (Wildman–Crippen MR) is 70.3 cm³/mol. The van der Waals surface area contributed by atoms with Gasteiger partial charge in [-0.3, -0.25) is 0 Å².